The van der Waals surface area contributed by atoms with Crippen LogP contribution in [0, 0.1) is 6.92 Å². The van der Waals surface area contributed by atoms with Crippen LogP contribution in [0.25, 0.3) is 16.7 Å². The van der Waals surface area contributed by atoms with Crippen molar-refractivity contribution >= 4 is 16.7 Å². The number of alkyl halides is 3. The van der Waals surface area contributed by atoms with Crippen LogP contribution in [0.15, 0.2) is 53.5 Å². The van der Waals surface area contributed by atoms with Crippen molar-refractivity contribution in [1.29, 1.82) is 0 Å². The van der Waals surface area contributed by atoms with Gasteiger partial charge in [-0.3, -0.25) is 9.20 Å². The van der Waals surface area contributed by atoms with Gasteiger partial charge >= 0.3 is 6.18 Å². The van der Waals surface area contributed by atoms with Crippen molar-refractivity contribution in [3.05, 3.63) is 76.1 Å². The molecule has 0 amide bonds. The molecule has 0 bridgehead atoms. The standard InChI is InChI=1S/C18H13F3N4O/c1-11-5-4-8-24-15(26)9-12(22-16(11)24)10-25-14-7-3-2-6-13(14)23-17(25)18(19,20)21/h2-9H,10H2,1H3. The van der Waals surface area contributed by atoms with Crippen LogP contribution in [0.1, 0.15) is 17.1 Å². The van der Waals surface area contributed by atoms with Gasteiger partial charge in [-0.15, -0.1) is 0 Å². The first kappa shape index (κ1) is 16.3. The summed E-state index contributed by atoms with van der Waals surface area (Å²) in [6.45, 7) is 1.59. The van der Waals surface area contributed by atoms with E-state index in [-0.39, 0.29) is 23.3 Å². The monoisotopic (exact) mass is 358 g/mol. The molecule has 5 nitrogen and oxygen atoms in total. The van der Waals surface area contributed by atoms with Crippen molar-refractivity contribution in [1.82, 2.24) is 18.9 Å². The quantitative estimate of drug-likeness (QED) is 0.552. The van der Waals surface area contributed by atoms with Gasteiger partial charge in [0.25, 0.3) is 5.56 Å². The number of fused-ring (bicyclic) bond motifs is 2. The van der Waals surface area contributed by atoms with Crippen LogP contribution in [0.3, 0.4) is 0 Å². The molecule has 0 fully saturated rings. The number of nitrogens with zero attached hydrogens (tertiary/aromatic N) is 4. The maximum Gasteiger partial charge on any atom is 0.449 e. The summed E-state index contributed by atoms with van der Waals surface area (Å²) in [5.41, 5.74) is 1.68. The van der Waals surface area contributed by atoms with Gasteiger partial charge in [0, 0.05) is 12.3 Å². The fourth-order valence-corrected chi connectivity index (χ4v) is 3.00. The third-order valence-electron chi connectivity index (χ3n) is 4.17. The number of pyridine rings is 1. The molecular weight excluding hydrogens is 345 g/mol. The SMILES string of the molecule is Cc1cccn2c(=O)cc(Cn3c(C(F)(F)F)nc4ccccc43)nc12. The Labute approximate surface area is 145 Å². The highest BCUT2D eigenvalue weighted by Crippen LogP contribution is 2.31. The summed E-state index contributed by atoms with van der Waals surface area (Å²) in [5, 5.41) is 0. The Morgan fingerprint density at radius 3 is 2.62 bits per heavy atom. The van der Waals surface area contributed by atoms with Crippen molar-refractivity contribution in [2.24, 2.45) is 0 Å². The van der Waals surface area contributed by atoms with Crippen molar-refractivity contribution in [3.63, 3.8) is 0 Å². The average Bonchev–Trinajstić information content (AvgIpc) is 2.95. The highest BCUT2D eigenvalue weighted by Gasteiger charge is 2.37. The van der Waals surface area contributed by atoms with Crippen LogP contribution in [-0.2, 0) is 12.7 Å². The van der Waals surface area contributed by atoms with Gasteiger partial charge in [0.2, 0.25) is 5.82 Å². The fourth-order valence-electron chi connectivity index (χ4n) is 3.00. The third-order valence-corrected chi connectivity index (χ3v) is 4.17. The largest absolute Gasteiger partial charge is 0.449 e. The van der Waals surface area contributed by atoms with E-state index in [1.54, 1.807) is 43.5 Å². The molecule has 0 saturated heterocycles. The molecule has 3 aromatic heterocycles. The van der Waals surface area contributed by atoms with Gasteiger partial charge in [-0.2, -0.15) is 13.2 Å². The highest BCUT2D eigenvalue weighted by molar-refractivity contribution is 5.76. The van der Waals surface area contributed by atoms with Crippen LogP contribution < -0.4 is 5.56 Å². The lowest BCUT2D eigenvalue weighted by Crippen LogP contribution is -2.20. The number of rotatable bonds is 2. The lowest BCUT2D eigenvalue weighted by molar-refractivity contribution is -0.146. The van der Waals surface area contributed by atoms with Crippen molar-refractivity contribution in [2.75, 3.05) is 0 Å². The molecule has 0 saturated carbocycles. The minimum absolute atomic E-state index is 0.199. The predicted molar refractivity (Wildman–Crippen MR) is 90.0 cm³/mol. The van der Waals surface area contributed by atoms with Crippen LogP contribution in [0.2, 0.25) is 0 Å². The summed E-state index contributed by atoms with van der Waals surface area (Å²) in [7, 11) is 0. The lowest BCUT2D eigenvalue weighted by atomic mass is 10.2. The molecule has 0 aliphatic heterocycles. The molecule has 0 atom stereocenters. The summed E-state index contributed by atoms with van der Waals surface area (Å²) < 4.78 is 42.7. The first-order valence-corrected chi connectivity index (χ1v) is 7.85. The number of halogens is 3. The van der Waals surface area contributed by atoms with Crippen LogP contribution in [0.5, 0.6) is 0 Å². The molecule has 0 N–H and O–H groups in total. The zero-order valence-corrected chi connectivity index (χ0v) is 13.7. The van der Waals surface area contributed by atoms with Crippen LogP contribution >= 0.6 is 0 Å². The second-order valence-electron chi connectivity index (χ2n) is 5.98. The number of imidazole rings is 1. The Hall–Kier alpha value is -3.16. The number of aryl methyl sites for hydroxylation is 1. The van der Waals surface area contributed by atoms with Crippen LogP contribution in [-0.4, -0.2) is 18.9 Å². The normalized spacial score (nSPS) is 12.2. The fraction of sp³-hybridized carbons (Fsp3) is 0.167. The van der Waals surface area contributed by atoms with Crippen LogP contribution in [0.4, 0.5) is 13.2 Å². The Kier molecular flexibility index (Phi) is 3.57. The lowest BCUT2D eigenvalue weighted by Gasteiger charge is -2.12. The first-order valence-electron chi connectivity index (χ1n) is 7.85. The van der Waals surface area contributed by atoms with E-state index in [2.05, 4.69) is 9.97 Å². The van der Waals surface area contributed by atoms with E-state index in [0.717, 1.165) is 10.1 Å². The van der Waals surface area contributed by atoms with Gasteiger partial charge in [0.1, 0.15) is 5.65 Å². The highest BCUT2D eigenvalue weighted by atomic mass is 19.4. The van der Waals surface area contributed by atoms with Crippen molar-refractivity contribution in [3.8, 4) is 0 Å². The third kappa shape index (κ3) is 2.63. The maximum atomic E-state index is 13.4. The van der Waals surface area contributed by atoms with Crippen molar-refractivity contribution < 1.29 is 13.2 Å². The van der Waals surface area contributed by atoms with Gasteiger partial charge in [-0.05, 0) is 30.7 Å². The zero-order chi connectivity index (χ0) is 18.5. The summed E-state index contributed by atoms with van der Waals surface area (Å²) in [5.74, 6) is -1.01. The molecule has 0 spiro atoms. The molecule has 0 aliphatic carbocycles. The number of hydrogen-bond donors (Lipinski definition) is 0. The first-order chi connectivity index (χ1) is 12.3. The number of benzene rings is 1. The molecule has 26 heavy (non-hydrogen) atoms. The number of hydrogen-bond acceptors (Lipinski definition) is 3. The molecule has 132 valence electrons. The molecule has 0 aliphatic rings. The van der Waals surface area contributed by atoms with Gasteiger partial charge in [0.05, 0.1) is 23.3 Å². The summed E-state index contributed by atoms with van der Waals surface area (Å²) in [6, 6.07) is 11.1. The Balaban J connectivity index is 1.92. The Morgan fingerprint density at radius 1 is 1.08 bits per heavy atom. The second kappa shape index (κ2) is 5.69. The van der Waals surface area contributed by atoms with Crippen molar-refractivity contribution in [2.45, 2.75) is 19.6 Å². The second-order valence-corrected chi connectivity index (χ2v) is 5.98. The van der Waals surface area contributed by atoms with E-state index in [9.17, 15) is 18.0 Å². The Morgan fingerprint density at radius 2 is 1.85 bits per heavy atom. The summed E-state index contributed by atoms with van der Waals surface area (Å²) in [6.07, 6.45) is -3.03. The smallest absolute Gasteiger partial charge is 0.314 e. The molecule has 8 heteroatoms. The Bertz CT molecular complexity index is 1190. The predicted octanol–water partition coefficient (Wildman–Crippen LogP) is 3.42. The zero-order valence-electron chi connectivity index (χ0n) is 13.7. The van der Waals surface area contributed by atoms with Gasteiger partial charge in [-0.25, -0.2) is 9.97 Å². The van der Waals surface area contributed by atoms with E-state index in [0.29, 0.717) is 11.2 Å². The average molecular weight is 358 g/mol. The van der Waals surface area contributed by atoms with Gasteiger partial charge in [0.15, 0.2) is 0 Å². The molecule has 1 aromatic carbocycles. The topological polar surface area (TPSA) is 52.2 Å². The molecule has 3 heterocycles. The summed E-state index contributed by atoms with van der Waals surface area (Å²) in [4.78, 5) is 20.4. The molecule has 4 aromatic rings. The molecule has 4 rings (SSSR count). The minimum atomic E-state index is -4.61. The number of aromatic nitrogens is 4. The van der Waals surface area contributed by atoms with E-state index < -0.39 is 12.0 Å². The van der Waals surface area contributed by atoms with E-state index in [1.807, 2.05) is 0 Å². The van der Waals surface area contributed by atoms with E-state index in [4.69, 9.17) is 0 Å². The number of para-hydroxylation sites is 2. The molecule has 0 radical (unpaired) electrons. The minimum Gasteiger partial charge on any atom is -0.314 e. The van der Waals surface area contributed by atoms with Gasteiger partial charge in [-0.1, -0.05) is 18.2 Å². The molecular formula is C18H13F3N4O. The van der Waals surface area contributed by atoms with Gasteiger partial charge < -0.3 is 4.57 Å². The van der Waals surface area contributed by atoms with E-state index >= 15 is 0 Å². The van der Waals surface area contributed by atoms with E-state index in [1.165, 1.54) is 16.5 Å². The maximum absolute atomic E-state index is 13.4. The molecule has 0 unspecified atom stereocenters. The summed E-state index contributed by atoms with van der Waals surface area (Å²) >= 11 is 0.